The number of carboxylic acid groups (broad SMARTS) is 1. The van der Waals surface area contributed by atoms with Gasteiger partial charge >= 0.3 is 12.1 Å². The van der Waals surface area contributed by atoms with Crippen LogP contribution >= 0.6 is 0 Å². The average Bonchev–Trinajstić information content (AvgIpc) is 2.96. The van der Waals surface area contributed by atoms with Gasteiger partial charge in [0.1, 0.15) is 12.1 Å². The Kier molecular flexibility index (Phi) is 5.09. The highest BCUT2D eigenvalue weighted by Gasteiger charge is 2.49. The maximum atomic E-state index is 13.6. The summed E-state index contributed by atoms with van der Waals surface area (Å²) in [5.41, 5.74) is 0.0561. The monoisotopic (exact) mass is 385 g/mol. The van der Waals surface area contributed by atoms with Crippen LogP contribution in [0.25, 0.3) is 0 Å². The van der Waals surface area contributed by atoms with Crippen molar-refractivity contribution < 1.29 is 32.7 Å². The van der Waals surface area contributed by atoms with E-state index in [1.165, 1.54) is 29.2 Å². The van der Waals surface area contributed by atoms with E-state index in [4.69, 9.17) is 0 Å². The molecule has 2 aliphatic heterocycles. The van der Waals surface area contributed by atoms with Crippen LogP contribution in [0.15, 0.2) is 24.3 Å². The molecule has 0 radical (unpaired) electrons. The van der Waals surface area contributed by atoms with Gasteiger partial charge in [0.25, 0.3) is 0 Å². The molecule has 1 saturated heterocycles. The van der Waals surface area contributed by atoms with Crippen LogP contribution in [0.1, 0.15) is 19.3 Å². The number of hydrogen-bond acceptors (Lipinski definition) is 4. The lowest BCUT2D eigenvalue weighted by Gasteiger charge is -2.33. The normalized spacial score (nSPS) is 23.5. The number of para-hydroxylation sites is 2. The number of nitrogens with zero attached hydrogens (tertiary/aromatic N) is 2. The highest BCUT2D eigenvalue weighted by Crippen LogP contribution is 2.38. The second-order valence-corrected chi connectivity index (χ2v) is 6.56. The van der Waals surface area contributed by atoms with Gasteiger partial charge in [-0.15, -0.1) is 0 Å². The molecule has 7 nitrogen and oxygen atoms in total. The molecule has 2 heterocycles. The van der Waals surface area contributed by atoms with Crippen molar-refractivity contribution in [2.45, 2.75) is 37.5 Å². The molecule has 2 amide bonds. The molecule has 1 aromatic rings. The van der Waals surface area contributed by atoms with Crippen molar-refractivity contribution in [3.05, 3.63) is 24.3 Å². The minimum Gasteiger partial charge on any atom is -0.480 e. The van der Waals surface area contributed by atoms with Crippen LogP contribution < -0.4 is 10.2 Å². The second kappa shape index (κ2) is 7.18. The minimum absolute atomic E-state index is 0.0539. The van der Waals surface area contributed by atoms with E-state index in [-0.39, 0.29) is 11.4 Å². The maximum Gasteiger partial charge on any atom is 0.409 e. The number of amides is 2. The lowest BCUT2D eigenvalue weighted by molar-refractivity contribution is -0.158. The molecule has 1 fully saturated rings. The lowest BCUT2D eigenvalue weighted by Crippen LogP contribution is -2.53. The van der Waals surface area contributed by atoms with Crippen molar-refractivity contribution in [2.24, 2.45) is 0 Å². The van der Waals surface area contributed by atoms with E-state index < -0.39 is 49.0 Å². The number of nitrogens with one attached hydrogen (secondary N) is 1. The van der Waals surface area contributed by atoms with Gasteiger partial charge in [-0.05, 0) is 31.5 Å². The van der Waals surface area contributed by atoms with E-state index >= 15 is 0 Å². The molecule has 1 aromatic carbocycles. The van der Waals surface area contributed by atoms with Gasteiger partial charge in [0.15, 0.2) is 0 Å². The third kappa shape index (κ3) is 3.90. The number of carboxylic acids is 1. The van der Waals surface area contributed by atoms with Gasteiger partial charge in [0.05, 0.1) is 24.3 Å². The van der Waals surface area contributed by atoms with Crippen LogP contribution in [-0.4, -0.2) is 59.1 Å². The number of rotatable bonds is 3. The summed E-state index contributed by atoms with van der Waals surface area (Å²) >= 11 is 0. The van der Waals surface area contributed by atoms with Crippen LogP contribution in [0.5, 0.6) is 0 Å². The number of carbonyl (C=O) groups excluding carboxylic acids is 2. The first-order chi connectivity index (χ1) is 12.7. The maximum absolute atomic E-state index is 13.6. The highest BCUT2D eigenvalue weighted by atomic mass is 19.4. The zero-order valence-electron chi connectivity index (χ0n) is 14.2. The number of aliphatic carboxylic acids is 1. The van der Waals surface area contributed by atoms with Gasteiger partial charge in [-0.1, -0.05) is 12.1 Å². The predicted molar refractivity (Wildman–Crippen MR) is 89.2 cm³/mol. The number of fused-ring (bicyclic) bond motifs is 1. The Morgan fingerprint density at radius 1 is 1.26 bits per heavy atom. The molecular weight excluding hydrogens is 367 g/mol. The van der Waals surface area contributed by atoms with Crippen LogP contribution in [0, 0.1) is 0 Å². The summed E-state index contributed by atoms with van der Waals surface area (Å²) in [5.74, 6) is -2.85. The van der Waals surface area contributed by atoms with E-state index in [1.54, 1.807) is 0 Å². The lowest BCUT2D eigenvalue weighted by atomic mass is 10.1. The number of benzene rings is 1. The fraction of sp³-hybridized carbons (Fsp3) is 0.471. The van der Waals surface area contributed by atoms with Crippen molar-refractivity contribution in [2.75, 3.05) is 23.3 Å². The van der Waals surface area contributed by atoms with Crippen LogP contribution in [-0.2, 0) is 14.4 Å². The number of alkyl halides is 3. The highest BCUT2D eigenvalue weighted by molar-refractivity contribution is 6.05. The first-order valence-electron chi connectivity index (χ1n) is 8.43. The molecular formula is C17H18F3N3O4. The van der Waals surface area contributed by atoms with Gasteiger partial charge in [0, 0.05) is 0 Å². The molecule has 1 unspecified atom stereocenters. The van der Waals surface area contributed by atoms with Gasteiger partial charge in [0.2, 0.25) is 11.8 Å². The SMILES string of the molecule is O=C1CC(C(F)(F)F)N(C(=O)CN2CCC[C@@H]2C(=O)O)c2ccccc2N1. The molecule has 0 aromatic heterocycles. The largest absolute Gasteiger partial charge is 0.480 e. The third-order valence-corrected chi connectivity index (χ3v) is 4.76. The molecule has 0 spiro atoms. The van der Waals surface area contributed by atoms with Crippen molar-refractivity contribution in [1.29, 1.82) is 0 Å². The summed E-state index contributed by atoms with van der Waals surface area (Å²) in [6.45, 7) is -0.155. The van der Waals surface area contributed by atoms with Crippen molar-refractivity contribution >= 4 is 29.2 Å². The molecule has 0 saturated carbocycles. The Morgan fingerprint density at radius 3 is 2.63 bits per heavy atom. The molecule has 146 valence electrons. The molecule has 2 aliphatic rings. The van der Waals surface area contributed by atoms with E-state index in [1.807, 2.05) is 0 Å². The zero-order chi connectivity index (χ0) is 19.8. The van der Waals surface area contributed by atoms with Crippen molar-refractivity contribution in [3.8, 4) is 0 Å². The summed E-state index contributed by atoms with van der Waals surface area (Å²) in [7, 11) is 0. The summed E-state index contributed by atoms with van der Waals surface area (Å²) in [4.78, 5) is 38.0. The Balaban J connectivity index is 1.96. The van der Waals surface area contributed by atoms with Crippen LogP contribution in [0.3, 0.4) is 0 Å². The summed E-state index contributed by atoms with van der Waals surface area (Å²) < 4.78 is 40.9. The van der Waals surface area contributed by atoms with E-state index in [9.17, 15) is 32.7 Å². The zero-order valence-corrected chi connectivity index (χ0v) is 14.2. The molecule has 27 heavy (non-hydrogen) atoms. The molecule has 2 N–H and O–H groups in total. The minimum atomic E-state index is -4.82. The standard InChI is InChI=1S/C17H18F3N3O4/c18-17(19,20)13-8-14(24)21-10-4-1-2-5-11(10)23(13)15(25)9-22-7-3-6-12(22)16(26)27/h1-2,4-5,12-13H,3,6-9H2,(H,21,24)(H,26,27)/t12-,13?/m1/s1. The first kappa shape index (κ1) is 19.2. The van der Waals surface area contributed by atoms with E-state index in [0.717, 1.165) is 0 Å². The number of carbonyl (C=O) groups is 3. The molecule has 0 bridgehead atoms. The summed E-state index contributed by atoms with van der Waals surface area (Å²) in [6.07, 6.45) is -4.86. The second-order valence-electron chi connectivity index (χ2n) is 6.56. The fourth-order valence-corrected chi connectivity index (χ4v) is 3.54. The van der Waals surface area contributed by atoms with Crippen LogP contribution in [0.2, 0.25) is 0 Å². The van der Waals surface area contributed by atoms with E-state index in [2.05, 4.69) is 5.32 Å². The van der Waals surface area contributed by atoms with Gasteiger partial charge in [-0.3, -0.25) is 24.2 Å². The fourth-order valence-electron chi connectivity index (χ4n) is 3.54. The quantitative estimate of drug-likeness (QED) is 0.829. The first-order valence-corrected chi connectivity index (χ1v) is 8.43. The average molecular weight is 385 g/mol. The number of likely N-dealkylation sites (tertiary alicyclic amines) is 1. The number of hydrogen-bond donors (Lipinski definition) is 2. The Morgan fingerprint density at radius 2 is 1.96 bits per heavy atom. The van der Waals surface area contributed by atoms with Gasteiger partial charge in [-0.2, -0.15) is 13.2 Å². The number of anilines is 2. The predicted octanol–water partition coefficient (Wildman–Crippen LogP) is 1.84. The Hall–Kier alpha value is -2.62. The number of halogens is 3. The van der Waals surface area contributed by atoms with Crippen molar-refractivity contribution in [1.82, 2.24) is 4.90 Å². The molecule has 3 rings (SSSR count). The summed E-state index contributed by atoms with van der Waals surface area (Å²) in [6, 6.07) is 2.54. The van der Waals surface area contributed by atoms with Gasteiger partial charge < -0.3 is 10.4 Å². The smallest absolute Gasteiger partial charge is 0.409 e. The van der Waals surface area contributed by atoms with Gasteiger partial charge in [-0.25, -0.2) is 0 Å². The Labute approximate surface area is 152 Å². The molecule has 2 atom stereocenters. The van der Waals surface area contributed by atoms with Crippen LogP contribution in [0.4, 0.5) is 24.5 Å². The topological polar surface area (TPSA) is 90.0 Å². The van der Waals surface area contributed by atoms with E-state index in [0.29, 0.717) is 24.3 Å². The molecule has 0 aliphatic carbocycles. The Bertz CT molecular complexity index is 768. The summed E-state index contributed by atoms with van der Waals surface area (Å²) in [5, 5.41) is 11.6. The third-order valence-electron chi connectivity index (χ3n) is 4.76. The molecule has 10 heteroatoms. The van der Waals surface area contributed by atoms with Crippen molar-refractivity contribution in [3.63, 3.8) is 0 Å².